The number of anilines is 2. The summed E-state index contributed by atoms with van der Waals surface area (Å²) in [6.45, 7) is 4.23. The zero-order valence-electron chi connectivity index (χ0n) is 21.3. The van der Waals surface area contributed by atoms with E-state index in [1.165, 1.54) is 38.5 Å². The molecule has 0 saturated heterocycles. The van der Waals surface area contributed by atoms with Crippen molar-refractivity contribution in [3.63, 3.8) is 0 Å². The van der Waals surface area contributed by atoms with Gasteiger partial charge in [-0.25, -0.2) is 8.42 Å². The average molecular weight is 526 g/mol. The van der Waals surface area contributed by atoms with E-state index >= 15 is 0 Å². The minimum Gasteiger partial charge on any atom is -0.493 e. The highest BCUT2D eigenvalue weighted by Crippen LogP contribution is 2.34. The zero-order valence-corrected chi connectivity index (χ0v) is 22.1. The summed E-state index contributed by atoms with van der Waals surface area (Å²) in [6, 6.07) is 19.1. The summed E-state index contributed by atoms with van der Waals surface area (Å²) in [4.78, 5) is 27.9. The second-order valence-electron chi connectivity index (χ2n) is 7.94. The van der Waals surface area contributed by atoms with Gasteiger partial charge in [0.25, 0.3) is 15.9 Å². The monoisotopic (exact) mass is 525 g/mol. The highest BCUT2D eigenvalue weighted by Gasteiger charge is 2.28. The van der Waals surface area contributed by atoms with Crippen LogP contribution in [0.4, 0.5) is 11.4 Å². The molecule has 0 heterocycles. The number of rotatable bonds is 11. The minimum absolute atomic E-state index is 0.0229. The maximum absolute atomic E-state index is 13.6. The Kier molecular flexibility index (Phi) is 9.13. The number of ether oxygens (including phenoxy) is 2. The molecule has 0 aromatic heterocycles. The first-order valence-electron chi connectivity index (χ1n) is 11.7. The van der Waals surface area contributed by atoms with Gasteiger partial charge < -0.3 is 19.7 Å². The lowest BCUT2D eigenvalue weighted by Gasteiger charge is -2.25. The quantitative estimate of drug-likeness (QED) is 0.405. The van der Waals surface area contributed by atoms with Gasteiger partial charge in [0.2, 0.25) is 5.91 Å². The van der Waals surface area contributed by atoms with Crippen molar-refractivity contribution in [2.75, 3.05) is 43.5 Å². The largest absolute Gasteiger partial charge is 0.493 e. The fourth-order valence-electron chi connectivity index (χ4n) is 3.79. The lowest BCUT2D eigenvalue weighted by Crippen LogP contribution is -2.38. The van der Waals surface area contributed by atoms with Crippen LogP contribution >= 0.6 is 0 Å². The van der Waals surface area contributed by atoms with Crippen molar-refractivity contribution in [2.45, 2.75) is 18.7 Å². The van der Waals surface area contributed by atoms with Gasteiger partial charge in [0.15, 0.2) is 11.5 Å². The van der Waals surface area contributed by atoms with E-state index in [0.717, 1.165) is 4.31 Å². The van der Waals surface area contributed by atoms with Crippen LogP contribution in [0.5, 0.6) is 11.5 Å². The molecule has 37 heavy (non-hydrogen) atoms. The number of hydrogen-bond donors (Lipinski definition) is 1. The highest BCUT2D eigenvalue weighted by atomic mass is 32.2. The van der Waals surface area contributed by atoms with E-state index in [1.807, 2.05) is 13.8 Å². The van der Waals surface area contributed by atoms with Crippen molar-refractivity contribution in [3.8, 4) is 11.5 Å². The lowest BCUT2D eigenvalue weighted by molar-refractivity contribution is -0.114. The molecule has 0 radical (unpaired) electrons. The van der Waals surface area contributed by atoms with Crippen LogP contribution in [-0.4, -0.2) is 59.0 Å². The maximum Gasteiger partial charge on any atom is 0.264 e. The second kappa shape index (κ2) is 12.3. The Labute approximate surface area is 217 Å². The van der Waals surface area contributed by atoms with Crippen LogP contribution in [0, 0.1) is 0 Å². The molecular formula is C27H31N3O6S. The molecule has 0 aliphatic rings. The van der Waals surface area contributed by atoms with Gasteiger partial charge in [0.05, 0.1) is 36.1 Å². The average Bonchev–Trinajstić information content (AvgIpc) is 2.92. The van der Waals surface area contributed by atoms with Crippen molar-refractivity contribution in [3.05, 3.63) is 78.4 Å². The Morgan fingerprint density at radius 2 is 1.46 bits per heavy atom. The third-order valence-electron chi connectivity index (χ3n) is 5.76. The van der Waals surface area contributed by atoms with Gasteiger partial charge in [0, 0.05) is 19.2 Å². The van der Waals surface area contributed by atoms with Crippen LogP contribution in [0.15, 0.2) is 77.7 Å². The molecule has 0 aliphatic carbocycles. The van der Waals surface area contributed by atoms with E-state index < -0.39 is 22.5 Å². The minimum atomic E-state index is -4.13. The van der Waals surface area contributed by atoms with Crippen molar-refractivity contribution in [1.29, 1.82) is 0 Å². The fraction of sp³-hybridized carbons (Fsp3) is 0.259. The van der Waals surface area contributed by atoms with Gasteiger partial charge in [-0.15, -0.1) is 0 Å². The van der Waals surface area contributed by atoms with Crippen molar-refractivity contribution in [1.82, 2.24) is 4.90 Å². The molecule has 3 aromatic carbocycles. The number of methoxy groups -OCH3 is 2. The zero-order chi connectivity index (χ0) is 27.0. The predicted octanol–water partition coefficient (Wildman–Crippen LogP) is 4.02. The van der Waals surface area contributed by atoms with E-state index in [9.17, 15) is 18.0 Å². The SMILES string of the molecule is CCN(CC)C(=O)c1ccccc1NC(=O)CN(c1ccc(OC)c(OC)c1)S(=O)(=O)c1ccccc1. The van der Waals surface area contributed by atoms with Crippen LogP contribution in [0.3, 0.4) is 0 Å². The van der Waals surface area contributed by atoms with E-state index in [2.05, 4.69) is 5.32 Å². The van der Waals surface area contributed by atoms with Gasteiger partial charge in [0.1, 0.15) is 6.54 Å². The number of benzene rings is 3. The molecule has 196 valence electrons. The molecule has 0 unspecified atom stereocenters. The number of nitrogens with zero attached hydrogens (tertiary/aromatic N) is 2. The Hall–Kier alpha value is -4.05. The predicted molar refractivity (Wildman–Crippen MR) is 143 cm³/mol. The van der Waals surface area contributed by atoms with Crippen molar-refractivity contribution < 1.29 is 27.5 Å². The molecular weight excluding hydrogens is 494 g/mol. The van der Waals surface area contributed by atoms with Gasteiger partial charge >= 0.3 is 0 Å². The number of amides is 2. The third kappa shape index (κ3) is 6.21. The van der Waals surface area contributed by atoms with Crippen LogP contribution in [0.25, 0.3) is 0 Å². The second-order valence-corrected chi connectivity index (χ2v) is 9.80. The van der Waals surface area contributed by atoms with E-state index in [0.29, 0.717) is 35.8 Å². The molecule has 2 amide bonds. The molecule has 0 fully saturated rings. The van der Waals surface area contributed by atoms with Gasteiger partial charge in [-0.3, -0.25) is 13.9 Å². The van der Waals surface area contributed by atoms with E-state index in [4.69, 9.17) is 9.47 Å². The Balaban J connectivity index is 1.99. The summed E-state index contributed by atoms with van der Waals surface area (Å²) >= 11 is 0. The number of sulfonamides is 1. The lowest BCUT2D eigenvalue weighted by atomic mass is 10.1. The molecule has 3 rings (SSSR count). The summed E-state index contributed by atoms with van der Waals surface area (Å²) in [5.74, 6) is -0.121. The standard InChI is InChI=1S/C27H31N3O6S/c1-5-29(6-2)27(32)22-14-10-11-15-23(22)28-26(31)19-30(37(33,34)21-12-8-7-9-13-21)20-16-17-24(35-3)25(18-20)36-4/h7-18H,5-6,19H2,1-4H3,(H,28,31). The van der Waals surface area contributed by atoms with E-state index in [-0.39, 0.29) is 16.5 Å². The molecule has 3 aromatic rings. The molecule has 0 atom stereocenters. The highest BCUT2D eigenvalue weighted by molar-refractivity contribution is 7.92. The maximum atomic E-state index is 13.6. The number of carbonyl (C=O) groups excluding carboxylic acids is 2. The molecule has 0 saturated carbocycles. The summed E-state index contributed by atoms with van der Waals surface area (Å²) in [6.07, 6.45) is 0. The molecule has 10 heteroatoms. The molecule has 0 aliphatic heterocycles. The van der Waals surface area contributed by atoms with Crippen LogP contribution in [0.1, 0.15) is 24.2 Å². The topological polar surface area (TPSA) is 105 Å². The normalized spacial score (nSPS) is 10.9. The number of nitrogens with one attached hydrogen (secondary N) is 1. The van der Waals surface area contributed by atoms with Crippen LogP contribution < -0.4 is 19.1 Å². The summed E-state index contributed by atoms with van der Waals surface area (Å²) in [5.41, 5.74) is 0.834. The molecule has 9 nitrogen and oxygen atoms in total. The van der Waals surface area contributed by atoms with E-state index in [1.54, 1.807) is 53.4 Å². The van der Waals surface area contributed by atoms with Crippen LogP contribution in [-0.2, 0) is 14.8 Å². The summed E-state index contributed by atoms with van der Waals surface area (Å²) < 4.78 is 38.9. The Bertz CT molecular complexity index is 1340. The number of para-hydroxylation sites is 1. The van der Waals surface area contributed by atoms with Gasteiger partial charge in [-0.2, -0.15) is 0 Å². The first-order valence-corrected chi connectivity index (χ1v) is 13.2. The van der Waals surface area contributed by atoms with Crippen molar-refractivity contribution >= 4 is 33.2 Å². The number of hydrogen-bond acceptors (Lipinski definition) is 6. The first-order chi connectivity index (χ1) is 17.8. The van der Waals surface area contributed by atoms with Crippen molar-refractivity contribution in [2.24, 2.45) is 0 Å². The molecule has 0 bridgehead atoms. The summed E-state index contributed by atoms with van der Waals surface area (Å²) in [7, 11) is -1.22. The smallest absolute Gasteiger partial charge is 0.264 e. The number of carbonyl (C=O) groups is 2. The fourth-order valence-corrected chi connectivity index (χ4v) is 5.23. The van der Waals surface area contributed by atoms with Gasteiger partial charge in [-0.1, -0.05) is 30.3 Å². The molecule has 0 spiro atoms. The van der Waals surface area contributed by atoms with Crippen LogP contribution in [0.2, 0.25) is 0 Å². The Morgan fingerprint density at radius 1 is 0.838 bits per heavy atom. The third-order valence-corrected chi connectivity index (χ3v) is 7.54. The Morgan fingerprint density at radius 3 is 2.08 bits per heavy atom. The first kappa shape index (κ1) is 27.5. The van der Waals surface area contributed by atoms with Gasteiger partial charge in [-0.05, 0) is 50.2 Å². The summed E-state index contributed by atoms with van der Waals surface area (Å²) in [5, 5.41) is 2.72. The molecule has 1 N–H and O–H groups in total.